The second-order valence-electron chi connectivity index (χ2n) is 9.63. The molecule has 5 rings (SSSR count). The number of hydrogen-bond acceptors (Lipinski definition) is 8. The highest BCUT2D eigenvalue weighted by Crippen LogP contribution is 2.34. The Morgan fingerprint density at radius 2 is 1.87 bits per heavy atom. The van der Waals surface area contributed by atoms with Crippen molar-refractivity contribution in [3.8, 4) is 5.75 Å². The number of hydrogen-bond donors (Lipinski definition) is 0. The lowest BCUT2D eigenvalue weighted by Gasteiger charge is -2.36. The molecule has 2 unspecified atom stereocenters. The maximum atomic E-state index is 13.8. The molecule has 2 fully saturated rings. The van der Waals surface area contributed by atoms with Crippen molar-refractivity contribution in [2.75, 3.05) is 31.6 Å². The summed E-state index contributed by atoms with van der Waals surface area (Å²) in [5.74, 6) is 1.15. The molecule has 2 aromatic heterocycles. The first-order chi connectivity index (χ1) is 18.2. The predicted octanol–water partition coefficient (Wildman–Crippen LogP) is 4.07. The van der Waals surface area contributed by atoms with E-state index in [1.807, 2.05) is 57.2 Å². The van der Waals surface area contributed by atoms with Gasteiger partial charge in [-0.3, -0.25) is 18.9 Å². The normalized spacial score (nSPS) is 21.1. The first-order valence-corrected chi connectivity index (χ1v) is 13.8. The van der Waals surface area contributed by atoms with Crippen molar-refractivity contribution in [1.29, 1.82) is 0 Å². The molecular formula is C28H30N4O4S2. The molecule has 198 valence electrons. The molecule has 2 saturated heterocycles. The second-order valence-corrected chi connectivity index (χ2v) is 11.3. The summed E-state index contributed by atoms with van der Waals surface area (Å²) in [6.45, 7) is 7.60. The summed E-state index contributed by atoms with van der Waals surface area (Å²) < 4.78 is 13.2. The smallest absolute Gasteiger partial charge is 0.267 e. The van der Waals surface area contributed by atoms with E-state index in [4.69, 9.17) is 26.7 Å². The maximum Gasteiger partial charge on any atom is 0.267 e. The van der Waals surface area contributed by atoms with Crippen molar-refractivity contribution < 1.29 is 14.3 Å². The quantitative estimate of drug-likeness (QED) is 0.336. The molecule has 0 spiro atoms. The Kier molecular flexibility index (Phi) is 7.56. The number of benzene rings is 1. The Morgan fingerprint density at radius 3 is 2.55 bits per heavy atom. The number of carbonyl (C=O) groups excluding carboxylic acids is 1. The average molecular weight is 551 g/mol. The van der Waals surface area contributed by atoms with E-state index in [1.54, 1.807) is 28.7 Å². The SMILES string of the molecule is COc1ccc(CCN2C(=O)/C(=C/c3c(N4CC(C)OC(C)C4)nc4c(C)cccn4c3=O)SC2=S)cc1. The van der Waals surface area contributed by atoms with Crippen LogP contribution in [0.3, 0.4) is 0 Å². The molecule has 4 heterocycles. The first-order valence-electron chi connectivity index (χ1n) is 12.6. The Hall–Kier alpha value is -3.21. The van der Waals surface area contributed by atoms with E-state index in [1.165, 1.54) is 11.8 Å². The molecular weight excluding hydrogens is 520 g/mol. The molecule has 0 saturated carbocycles. The number of thioether (sulfide) groups is 1. The number of pyridine rings is 1. The minimum Gasteiger partial charge on any atom is -0.497 e. The number of carbonyl (C=O) groups is 1. The number of methoxy groups -OCH3 is 1. The molecule has 38 heavy (non-hydrogen) atoms. The Labute approximate surface area is 231 Å². The molecule has 1 aromatic carbocycles. The van der Waals surface area contributed by atoms with Crippen molar-refractivity contribution in [3.05, 3.63) is 74.5 Å². The van der Waals surface area contributed by atoms with E-state index in [9.17, 15) is 9.59 Å². The molecule has 0 N–H and O–H groups in total. The van der Waals surface area contributed by atoms with Crippen LogP contribution in [0.2, 0.25) is 0 Å². The zero-order valence-electron chi connectivity index (χ0n) is 21.8. The Balaban J connectivity index is 1.49. The van der Waals surface area contributed by atoms with E-state index in [0.717, 1.165) is 16.9 Å². The molecule has 1 amide bonds. The lowest BCUT2D eigenvalue weighted by Crippen LogP contribution is -2.46. The highest BCUT2D eigenvalue weighted by Gasteiger charge is 2.33. The van der Waals surface area contributed by atoms with Gasteiger partial charge in [0.2, 0.25) is 0 Å². The number of rotatable bonds is 6. The fourth-order valence-corrected chi connectivity index (χ4v) is 6.17. The van der Waals surface area contributed by atoms with Gasteiger partial charge in [0.1, 0.15) is 21.5 Å². The monoisotopic (exact) mass is 550 g/mol. The molecule has 10 heteroatoms. The minimum absolute atomic E-state index is 0.0140. The summed E-state index contributed by atoms with van der Waals surface area (Å²) >= 11 is 6.78. The van der Waals surface area contributed by atoms with Gasteiger partial charge in [0.15, 0.2) is 0 Å². The fourth-order valence-electron chi connectivity index (χ4n) is 4.88. The van der Waals surface area contributed by atoms with Gasteiger partial charge in [-0.15, -0.1) is 0 Å². The Bertz CT molecular complexity index is 1470. The van der Waals surface area contributed by atoms with E-state index >= 15 is 0 Å². The number of aryl methyl sites for hydroxylation is 1. The van der Waals surface area contributed by atoms with Crippen LogP contribution in [-0.2, 0) is 16.0 Å². The summed E-state index contributed by atoms with van der Waals surface area (Å²) in [4.78, 5) is 36.2. The van der Waals surface area contributed by atoms with Crippen LogP contribution in [-0.4, -0.2) is 63.5 Å². The van der Waals surface area contributed by atoms with Crippen LogP contribution >= 0.6 is 24.0 Å². The summed E-state index contributed by atoms with van der Waals surface area (Å²) in [6.07, 6.45) is 4.00. The van der Waals surface area contributed by atoms with Gasteiger partial charge in [-0.25, -0.2) is 4.98 Å². The second kappa shape index (κ2) is 10.9. The third kappa shape index (κ3) is 5.21. The summed E-state index contributed by atoms with van der Waals surface area (Å²) in [6, 6.07) is 11.5. The van der Waals surface area contributed by atoms with Crippen LogP contribution in [0, 0.1) is 6.92 Å². The van der Waals surface area contributed by atoms with Gasteiger partial charge in [0.05, 0.1) is 29.8 Å². The third-order valence-corrected chi connectivity index (χ3v) is 8.09. The van der Waals surface area contributed by atoms with Gasteiger partial charge < -0.3 is 14.4 Å². The molecule has 0 radical (unpaired) electrons. The van der Waals surface area contributed by atoms with E-state index < -0.39 is 0 Å². The number of aromatic nitrogens is 2. The van der Waals surface area contributed by atoms with Crippen LogP contribution in [0.25, 0.3) is 11.7 Å². The minimum atomic E-state index is -0.219. The van der Waals surface area contributed by atoms with Crippen molar-refractivity contribution in [1.82, 2.24) is 14.3 Å². The number of fused-ring (bicyclic) bond motifs is 1. The number of nitrogens with zero attached hydrogens (tertiary/aromatic N) is 4. The van der Waals surface area contributed by atoms with Crippen LogP contribution < -0.4 is 15.2 Å². The Morgan fingerprint density at radius 1 is 1.16 bits per heavy atom. The van der Waals surface area contributed by atoms with Gasteiger partial charge in [-0.1, -0.05) is 42.2 Å². The number of anilines is 1. The fraction of sp³-hybridized carbons (Fsp3) is 0.357. The van der Waals surface area contributed by atoms with Gasteiger partial charge in [0, 0.05) is 25.8 Å². The number of amides is 1. The number of morpholine rings is 1. The van der Waals surface area contributed by atoms with E-state index in [-0.39, 0.29) is 23.7 Å². The molecule has 2 atom stereocenters. The van der Waals surface area contributed by atoms with Crippen molar-refractivity contribution >= 4 is 51.7 Å². The van der Waals surface area contributed by atoms with Crippen molar-refractivity contribution in [2.24, 2.45) is 0 Å². The molecule has 8 nitrogen and oxygen atoms in total. The summed E-state index contributed by atoms with van der Waals surface area (Å²) in [7, 11) is 1.63. The highest BCUT2D eigenvalue weighted by molar-refractivity contribution is 8.26. The number of ether oxygens (including phenoxy) is 2. The summed E-state index contributed by atoms with van der Waals surface area (Å²) in [5, 5.41) is 0. The van der Waals surface area contributed by atoms with E-state index in [2.05, 4.69) is 4.90 Å². The average Bonchev–Trinajstić information content (AvgIpc) is 3.16. The topological polar surface area (TPSA) is 76.4 Å². The first kappa shape index (κ1) is 26.4. The van der Waals surface area contributed by atoms with Crippen LogP contribution in [0.5, 0.6) is 5.75 Å². The third-order valence-electron chi connectivity index (χ3n) is 6.72. The molecule has 3 aromatic rings. The zero-order valence-corrected chi connectivity index (χ0v) is 23.5. The molecule has 2 aliphatic rings. The van der Waals surface area contributed by atoms with Crippen molar-refractivity contribution in [3.63, 3.8) is 0 Å². The van der Waals surface area contributed by atoms with E-state index in [0.29, 0.717) is 52.3 Å². The lowest BCUT2D eigenvalue weighted by atomic mass is 10.1. The largest absolute Gasteiger partial charge is 0.497 e. The molecule has 0 aliphatic carbocycles. The summed E-state index contributed by atoms with van der Waals surface area (Å²) in [5.41, 5.74) is 2.74. The predicted molar refractivity (Wildman–Crippen MR) is 155 cm³/mol. The number of thiocarbonyl (C=S) groups is 1. The zero-order chi connectivity index (χ0) is 27.0. The molecule has 0 bridgehead atoms. The van der Waals surface area contributed by atoms with Crippen LogP contribution in [0.1, 0.15) is 30.5 Å². The maximum absolute atomic E-state index is 13.8. The van der Waals surface area contributed by atoms with Gasteiger partial charge in [-0.05, 0) is 62.6 Å². The standard InChI is InChI=1S/C28H30N4O4S2/c1-17-6-5-12-31-24(17)29-25(30-15-18(2)36-19(3)16-30)22(26(31)33)14-23-27(34)32(28(37)38-23)13-11-20-7-9-21(35-4)10-8-20/h5-10,12,14,18-19H,11,13,15-16H2,1-4H3/b23-14-. The van der Waals surface area contributed by atoms with Gasteiger partial charge in [-0.2, -0.15) is 0 Å². The van der Waals surface area contributed by atoms with Crippen LogP contribution in [0.15, 0.2) is 52.3 Å². The van der Waals surface area contributed by atoms with Crippen molar-refractivity contribution in [2.45, 2.75) is 39.4 Å². The van der Waals surface area contributed by atoms with Gasteiger partial charge >= 0.3 is 0 Å². The van der Waals surface area contributed by atoms with Gasteiger partial charge in [0.25, 0.3) is 11.5 Å². The highest BCUT2D eigenvalue weighted by atomic mass is 32.2. The molecule has 2 aliphatic heterocycles. The van der Waals surface area contributed by atoms with Crippen LogP contribution in [0.4, 0.5) is 5.82 Å². The lowest BCUT2D eigenvalue weighted by molar-refractivity contribution is -0.122.